The average Bonchev–Trinajstić information content (AvgIpc) is 2.22. The first-order chi connectivity index (χ1) is 7.56. The van der Waals surface area contributed by atoms with Gasteiger partial charge in [-0.25, -0.2) is 0 Å². The first kappa shape index (κ1) is 13.7. The number of aliphatic hydroxyl groups is 1. The lowest BCUT2D eigenvalue weighted by molar-refractivity contribution is 0.278. The molecule has 4 heteroatoms. The topological polar surface area (TPSA) is 29.5 Å². The molecular formula is C12H14Br2O2. The Hall–Kier alpha value is -0.320. The van der Waals surface area contributed by atoms with Crippen molar-refractivity contribution in [3.63, 3.8) is 0 Å². The molecule has 0 saturated heterocycles. The maximum atomic E-state index is 9.25. The van der Waals surface area contributed by atoms with E-state index in [0.29, 0.717) is 6.61 Å². The number of ether oxygens (including phenoxy) is 1. The van der Waals surface area contributed by atoms with Gasteiger partial charge in [0.15, 0.2) is 0 Å². The molecule has 0 atom stereocenters. The lowest BCUT2D eigenvalue weighted by Crippen LogP contribution is -2.00. The third-order valence-electron chi connectivity index (χ3n) is 2.42. The van der Waals surface area contributed by atoms with E-state index in [9.17, 15) is 5.11 Å². The molecule has 0 aromatic heterocycles. The second-order valence-electron chi connectivity index (χ2n) is 3.45. The third-order valence-corrected chi connectivity index (χ3v) is 3.07. The van der Waals surface area contributed by atoms with Crippen molar-refractivity contribution in [1.29, 1.82) is 0 Å². The van der Waals surface area contributed by atoms with Crippen molar-refractivity contribution in [2.75, 3.05) is 6.61 Å². The van der Waals surface area contributed by atoms with Gasteiger partial charge in [-0.15, -0.1) is 0 Å². The molecule has 0 saturated carbocycles. The maximum absolute atomic E-state index is 9.25. The van der Waals surface area contributed by atoms with Gasteiger partial charge in [-0.3, -0.25) is 0 Å². The Labute approximate surface area is 113 Å². The van der Waals surface area contributed by atoms with Gasteiger partial charge in [0.05, 0.1) is 10.00 Å². The molecule has 0 aliphatic rings. The van der Waals surface area contributed by atoms with Gasteiger partial charge >= 0.3 is 0 Å². The predicted molar refractivity (Wildman–Crippen MR) is 73.3 cm³/mol. The molecule has 0 spiro atoms. The lowest BCUT2D eigenvalue weighted by atomic mass is 10.0. The quantitative estimate of drug-likeness (QED) is 0.895. The van der Waals surface area contributed by atoms with Gasteiger partial charge in [-0.2, -0.15) is 0 Å². The largest absolute Gasteiger partial charge is 0.489 e. The standard InChI is InChI=1S/C12H14Br2O2/c1-8-3-4-11(9(2)10(8)7-15)16-6-5-12(13)14/h3-5,15H,6-7H2,1-2H3. The van der Waals surface area contributed by atoms with Crippen LogP contribution in [-0.2, 0) is 6.61 Å². The van der Waals surface area contributed by atoms with Crippen LogP contribution in [0.3, 0.4) is 0 Å². The third kappa shape index (κ3) is 3.61. The Bertz CT molecular complexity index is 396. The molecule has 16 heavy (non-hydrogen) atoms. The summed E-state index contributed by atoms with van der Waals surface area (Å²) in [6.45, 7) is 4.48. The second kappa shape index (κ2) is 6.42. The Morgan fingerprint density at radius 2 is 2.06 bits per heavy atom. The molecule has 0 bridgehead atoms. The zero-order valence-corrected chi connectivity index (χ0v) is 12.4. The summed E-state index contributed by atoms with van der Waals surface area (Å²) in [6, 6.07) is 3.89. The number of halogens is 2. The van der Waals surface area contributed by atoms with E-state index < -0.39 is 0 Å². The van der Waals surface area contributed by atoms with Gasteiger partial charge in [-0.1, -0.05) is 6.07 Å². The molecule has 0 aliphatic carbocycles. The van der Waals surface area contributed by atoms with Crippen LogP contribution in [0.5, 0.6) is 5.75 Å². The van der Waals surface area contributed by atoms with Crippen LogP contribution in [-0.4, -0.2) is 11.7 Å². The summed E-state index contributed by atoms with van der Waals surface area (Å²) in [5, 5.41) is 9.25. The van der Waals surface area contributed by atoms with Crippen molar-refractivity contribution >= 4 is 31.9 Å². The van der Waals surface area contributed by atoms with E-state index in [1.807, 2.05) is 32.1 Å². The molecule has 1 N–H and O–H groups in total. The zero-order valence-electron chi connectivity index (χ0n) is 9.26. The lowest BCUT2D eigenvalue weighted by Gasteiger charge is -2.12. The normalized spacial score (nSPS) is 10.1. The van der Waals surface area contributed by atoms with Crippen LogP contribution >= 0.6 is 31.9 Å². The van der Waals surface area contributed by atoms with Crippen molar-refractivity contribution in [3.8, 4) is 5.75 Å². The van der Waals surface area contributed by atoms with Crippen molar-refractivity contribution in [3.05, 3.63) is 38.3 Å². The van der Waals surface area contributed by atoms with Crippen LogP contribution < -0.4 is 4.74 Å². The second-order valence-corrected chi connectivity index (χ2v) is 6.22. The van der Waals surface area contributed by atoms with Crippen LogP contribution in [0, 0.1) is 13.8 Å². The Kier molecular flexibility index (Phi) is 5.52. The van der Waals surface area contributed by atoms with Crippen molar-refractivity contribution in [2.24, 2.45) is 0 Å². The average molecular weight is 350 g/mol. The van der Waals surface area contributed by atoms with E-state index in [2.05, 4.69) is 31.9 Å². The van der Waals surface area contributed by atoms with Gasteiger partial charge in [0.2, 0.25) is 0 Å². The number of rotatable bonds is 4. The summed E-state index contributed by atoms with van der Waals surface area (Å²) in [6.07, 6.45) is 1.87. The minimum Gasteiger partial charge on any atom is -0.489 e. The highest BCUT2D eigenvalue weighted by atomic mass is 79.9. The molecule has 0 fully saturated rings. The van der Waals surface area contributed by atoms with Crippen LogP contribution in [0.25, 0.3) is 0 Å². The number of benzene rings is 1. The first-order valence-corrected chi connectivity index (χ1v) is 6.48. The minimum absolute atomic E-state index is 0.0485. The molecule has 0 aliphatic heterocycles. The fraction of sp³-hybridized carbons (Fsp3) is 0.333. The fourth-order valence-electron chi connectivity index (χ4n) is 1.46. The van der Waals surface area contributed by atoms with Gasteiger partial charge < -0.3 is 9.84 Å². The fourth-order valence-corrected chi connectivity index (χ4v) is 1.73. The predicted octanol–water partition coefficient (Wildman–Crippen LogP) is 3.81. The summed E-state index contributed by atoms with van der Waals surface area (Å²) in [5.41, 5.74) is 3.03. The molecule has 0 radical (unpaired) electrons. The highest BCUT2D eigenvalue weighted by Crippen LogP contribution is 2.25. The molecular weight excluding hydrogens is 336 g/mol. The van der Waals surface area contributed by atoms with Crippen LogP contribution in [0.2, 0.25) is 0 Å². The van der Waals surface area contributed by atoms with Gasteiger partial charge in [-0.05, 0) is 74.5 Å². The van der Waals surface area contributed by atoms with Gasteiger partial charge in [0.1, 0.15) is 12.4 Å². The minimum atomic E-state index is 0.0485. The van der Waals surface area contributed by atoms with Crippen LogP contribution in [0.15, 0.2) is 21.6 Å². The summed E-state index contributed by atoms with van der Waals surface area (Å²) in [4.78, 5) is 0. The van der Waals surface area contributed by atoms with E-state index in [0.717, 1.165) is 25.8 Å². The van der Waals surface area contributed by atoms with Crippen molar-refractivity contribution < 1.29 is 9.84 Å². The molecule has 0 amide bonds. The molecule has 88 valence electrons. The summed E-state index contributed by atoms with van der Waals surface area (Å²) < 4.78 is 6.47. The van der Waals surface area contributed by atoms with Crippen LogP contribution in [0.4, 0.5) is 0 Å². The molecule has 1 rings (SSSR count). The van der Waals surface area contributed by atoms with E-state index in [-0.39, 0.29) is 6.61 Å². The Balaban J connectivity index is 2.85. The zero-order chi connectivity index (χ0) is 12.1. The van der Waals surface area contributed by atoms with Gasteiger partial charge in [0.25, 0.3) is 0 Å². The number of aliphatic hydroxyl groups excluding tert-OH is 1. The maximum Gasteiger partial charge on any atom is 0.123 e. The summed E-state index contributed by atoms with van der Waals surface area (Å²) in [7, 11) is 0. The van der Waals surface area contributed by atoms with Crippen molar-refractivity contribution in [1.82, 2.24) is 0 Å². The molecule has 0 heterocycles. The van der Waals surface area contributed by atoms with Crippen molar-refractivity contribution in [2.45, 2.75) is 20.5 Å². The Morgan fingerprint density at radius 3 is 2.62 bits per heavy atom. The highest BCUT2D eigenvalue weighted by molar-refractivity contribution is 9.28. The van der Waals surface area contributed by atoms with E-state index in [4.69, 9.17) is 4.74 Å². The first-order valence-electron chi connectivity index (χ1n) is 4.90. The summed E-state index contributed by atoms with van der Waals surface area (Å²) in [5.74, 6) is 0.812. The van der Waals surface area contributed by atoms with E-state index in [1.54, 1.807) is 0 Å². The smallest absolute Gasteiger partial charge is 0.123 e. The van der Waals surface area contributed by atoms with Gasteiger partial charge in [0, 0.05) is 0 Å². The van der Waals surface area contributed by atoms with Crippen LogP contribution in [0.1, 0.15) is 16.7 Å². The van der Waals surface area contributed by atoms with E-state index in [1.165, 1.54) is 0 Å². The molecule has 2 nitrogen and oxygen atoms in total. The highest BCUT2D eigenvalue weighted by Gasteiger charge is 2.06. The summed E-state index contributed by atoms with van der Waals surface area (Å²) >= 11 is 6.53. The SMILES string of the molecule is Cc1ccc(OCC=C(Br)Br)c(C)c1CO. The molecule has 1 aromatic rings. The van der Waals surface area contributed by atoms with E-state index >= 15 is 0 Å². The molecule has 0 unspecified atom stereocenters. The monoisotopic (exact) mass is 348 g/mol. The number of hydrogen-bond donors (Lipinski definition) is 1. The number of hydrogen-bond acceptors (Lipinski definition) is 2. The Morgan fingerprint density at radius 1 is 1.38 bits per heavy atom. The molecule has 1 aromatic carbocycles. The number of aryl methyl sites for hydroxylation is 1.